The van der Waals surface area contributed by atoms with Crippen LogP contribution in [0, 0.1) is 10.1 Å². The molecule has 1 aromatic heterocycles. The first-order valence-corrected chi connectivity index (χ1v) is 8.49. The Morgan fingerprint density at radius 2 is 1.90 bits per heavy atom. The van der Waals surface area contributed by atoms with Crippen LogP contribution in [-0.4, -0.2) is 30.1 Å². The standard InChI is InChI=1S/C20H15N3O7/c1-28-18-11-13(4-9-16(18)30-20(25)17-3-2-10-29-17)12-21-22-19(24)14-5-7-15(8-6-14)23(26)27/h2-12H,1H3,(H,22,24)/b21-12+. The van der Waals surface area contributed by atoms with E-state index in [1.54, 1.807) is 18.2 Å². The summed E-state index contributed by atoms with van der Waals surface area (Å²) >= 11 is 0. The van der Waals surface area contributed by atoms with Crippen LogP contribution >= 0.6 is 0 Å². The molecule has 0 bridgehead atoms. The number of non-ortho nitro benzene ring substituents is 1. The number of nitrogens with one attached hydrogen (secondary N) is 1. The Balaban J connectivity index is 1.64. The van der Waals surface area contributed by atoms with E-state index in [9.17, 15) is 19.7 Å². The van der Waals surface area contributed by atoms with Crippen molar-refractivity contribution in [2.75, 3.05) is 7.11 Å². The van der Waals surface area contributed by atoms with Crippen LogP contribution in [0.5, 0.6) is 11.5 Å². The molecule has 0 aliphatic rings. The minimum atomic E-state index is -0.671. The second-order valence-electron chi connectivity index (χ2n) is 5.78. The van der Waals surface area contributed by atoms with Crippen LogP contribution in [0.1, 0.15) is 26.5 Å². The number of esters is 1. The van der Waals surface area contributed by atoms with Gasteiger partial charge in [0.1, 0.15) is 0 Å². The van der Waals surface area contributed by atoms with Gasteiger partial charge in [-0.05, 0) is 48.0 Å². The summed E-state index contributed by atoms with van der Waals surface area (Å²) < 4.78 is 15.4. The van der Waals surface area contributed by atoms with Crippen LogP contribution in [0.15, 0.2) is 70.4 Å². The van der Waals surface area contributed by atoms with E-state index in [2.05, 4.69) is 10.5 Å². The Hall–Kier alpha value is -4.47. The van der Waals surface area contributed by atoms with Gasteiger partial charge in [-0.3, -0.25) is 14.9 Å². The zero-order valence-electron chi connectivity index (χ0n) is 15.6. The summed E-state index contributed by atoms with van der Waals surface area (Å²) in [6.45, 7) is 0. The lowest BCUT2D eigenvalue weighted by Gasteiger charge is -2.09. The Labute approximate surface area is 169 Å². The van der Waals surface area contributed by atoms with Crippen molar-refractivity contribution in [2.45, 2.75) is 0 Å². The van der Waals surface area contributed by atoms with Crippen molar-refractivity contribution in [3.8, 4) is 11.5 Å². The molecule has 0 atom stereocenters. The van der Waals surface area contributed by atoms with Crippen molar-refractivity contribution < 1.29 is 28.4 Å². The van der Waals surface area contributed by atoms with Crippen molar-refractivity contribution in [1.29, 1.82) is 0 Å². The third-order valence-corrected chi connectivity index (χ3v) is 3.83. The summed E-state index contributed by atoms with van der Waals surface area (Å²) in [5, 5.41) is 14.5. The maximum Gasteiger partial charge on any atom is 0.379 e. The van der Waals surface area contributed by atoms with Crippen LogP contribution in [0.25, 0.3) is 0 Å². The predicted molar refractivity (Wildman–Crippen MR) is 105 cm³/mol. The van der Waals surface area contributed by atoms with E-state index < -0.39 is 16.8 Å². The zero-order valence-corrected chi connectivity index (χ0v) is 15.6. The number of nitro groups is 1. The first kappa shape index (κ1) is 20.3. The minimum absolute atomic E-state index is 0.0525. The van der Waals surface area contributed by atoms with Crippen LogP contribution < -0.4 is 14.9 Å². The largest absolute Gasteiger partial charge is 0.493 e. The summed E-state index contributed by atoms with van der Waals surface area (Å²) in [6, 6.07) is 12.8. The number of ether oxygens (including phenoxy) is 2. The number of nitrogens with zero attached hydrogens (tertiary/aromatic N) is 2. The fourth-order valence-corrected chi connectivity index (χ4v) is 2.36. The third-order valence-electron chi connectivity index (χ3n) is 3.83. The number of carbonyl (C=O) groups excluding carboxylic acids is 2. The van der Waals surface area contributed by atoms with E-state index in [0.29, 0.717) is 5.56 Å². The molecule has 1 heterocycles. The van der Waals surface area contributed by atoms with Crippen molar-refractivity contribution in [2.24, 2.45) is 5.10 Å². The van der Waals surface area contributed by atoms with Gasteiger partial charge in [-0.15, -0.1) is 0 Å². The number of amides is 1. The summed E-state index contributed by atoms with van der Waals surface area (Å²) in [5.41, 5.74) is 2.99. The molecule has 30 heavy (non-hydrogen) atoms. The number of nitro benzene ring substituents is 1. The average molecular weight is 409 g/mol. The fourth-order valence-electron chi connectivity index (χ4n) is 2.36. The molecule has 1 N–H and O–H groups in total. The number of benzene rings is 2. The second-order valence-corrected chi connectivity index (χ2v) is 5.78. The van der Waals surface area contributed by atoms with E-state index >= 15 is 0 Å². The van der Waals surface area contributed by atoms with Gasteiger partial charge >= 0.3 is 5.97 Å². The van der Waals surface area contributed by atoms with Gasteiger partial charge in [0, 0.05) is 17.7 Å². The highest BCUT2D eigenvalue weighted by atomic mass is 16.6. The molecule has 3 aromatic rings. The quantitative estimate of drug-likeness (QED) is 0.208. The number of hydrogen-bond acceptors (Lipinski definition) is 8. The second kappa shape index (κ2) is 9.15. The predicted octanol–water partition coefficient (Wildman–Crippen LogP) is 3.18. The fraction of sp³-hybridized carbons (Fsp3) is 0.0500. The van der Waals surface area contributed by atoms with Crippen LogP contribution in [-0.2, 0) is 0 Å². The lowest BCUT2D eigenvalue weighted by atomic mass is 10.2. The molecule has 0 fully saturated rings. The summed E-state index contributed by atoms with van der Waals surface area (Å²) in [5.74, 6) is -0.685. The van der Waals surface area contributed by atoms with Gasteiger partial charge in [-0.2, -0.15) is 5.10 Å². The molecule has 3 rings (SSSR count). The Morgan fingerprint density at radius 3 is 2.53 bits per heavy atom. The zero-order chi connectivity index (χ0) is 21.5. The van der Waals surface area contributed by atoms with Crippen LogP contribution in [0.3, 0.4) is 0 Å². The van der Waals surface area contributed by atoms with E-state index in [0.717, 1.165) is 0 Å². The highest BCUT2D eigenvalue weighted by Gasteiger charge is 2.15. The van der Waals surface area contributed by atoms with Gasteiger partial charge in [0.05, 0.1) is 24.5 Å². The molecule has 0 spiro atoms. The number of methoxy groups -OCH3 is 1. The van der Waals surface area contributed by atoms with E-state index in [4.69, 9.17) is 13.9 Å². The molecule has 10 heteroatoms. The van der Waals surface area contributed by atoms with Crippen molar-refractivity contribution >= 4 is 23.8 Å². The third kappa shape index (κ3) is 4.87. The van der Waals surface area contributed by atoms with E-state index in [1.165, 1.54) is 56.0 Å². The van der Waals surface area contributed by atoms with Crippen molar-refractivity contribution in [3.63, 3.8) is 0 Å². The molecule has 10 nitrogen and oxygen atoms in total. The minimum Gasteiger partial charge on any atom is -0.493 e. The lowest BCUT2D eigenvalue weighted by Crippen LogP contribution is -2.17. The van der Waals surface area contributed by atoms with Crippen molar-refractivity contribution in [3.05, 3.63) is 87.9 Å². The SMILES string of the molecule is COc1cc(/C=N/NC(=O)c2ccc([N+](=O)[O-])cc2)ccc1OC(=O)c1ccco1. The van der Waals surface area contributed by atoms with E-state index in [1.807, 2.05) is 0 Å². The monoisotopic (exact) mass is 409 g/mol. The number of furan rings is 1. The molecule has 1 amide bonds. The summed E-state index contributed by atoms with van der Waals surface area (Å²) in [6.07, 6.45) is 2.72. The van der Waals surface area contributed by atoms with Gasteiger partial charge in [-0.25, -0.2) is 10.2 Å². The molecule has 0 radical (unpaired) electrons. The average Bonchev–Trinajstić information content (AvgIpc) is 3.29. The summed E-state index contributed by atoms with van der Waals surface area (Å²) in [7, 11) is 1.41. The van der Waals surface area contributed by atoms with Gasteiger partial charge in [0.15, 0.2) is 11.5 Å². The van der Waals surface area contributed by atoms with Gasteiger partial charge in [0.25, 0.3) is 11.6 Å². The molecule has 0 saturated carbocycles. The maximum atomic E-state index is 12.0. The van der Waals surface area contributed by atoms with Gasteiger partial charge in [-0.1, -0.05) is 0 Å². The molecule has 2 aromatic carbocycles. The van der Waals surface area contributed by atoms with Crippen molar-refractivity contribution in [1.82, 2.24) is 5.43 Å². The number of hydrazone groups is 1. The van der Waals surface area contributed by atoms with Crippen LogP contribution in [0.4, 0.5) is 5.69 Å². The molecule has 0 saturated heterocycles. The highest BCUT2D eigenvalue weighted by Crippen LogP contribution is 2.28. The highest BCUT2D eigenvalue weighted by molar-refractivity contribution is 5.95. The molecule has 152 valence electrons. The maximum absolute atomic E-state index is 12.0. The number of hydrogen-bond donors (Lipinski definition) is 1. The van der Waals surface area contributed by atoms with Crippen LogP contribution in [0.2, 0.25) is 0 Å². The van der Waals surface area contributed by atoms with Gasteiger partial charge in [0.2, 0.25) is 5.76 Å². The van der Waals surface area contributed by atoms with E-state index in [-0.39, 0.29) is 28.5 Å². The normalized spacial score (nSPS) is 10.6. The Morgan fingerprint density at radius 1 is 1.13 bits per heavy atom. The first-order chi connectivity index (χ1) is 14.5. The number of carbonyl (C=O) groups is 2. The molecule has 0 unspecified atom stereocenters. The van der Waals surface area contributed by atoms with Gasteiger partial charge < -0.3 is 13.9 Å². The topological polar surface area (TPSA) is 133 Å². The molecule has 0 aliphatic carbocycles. The molecule has 0 aliphatic heterocycles. The smallest absolute Gasteiger partial charge is 0.379 e. The number of rotatable bonds is 7. The Bertz CT molecular complexity index is 1090. The Kier molecular flexibility index (Phi) is 6.18. The first-order valence-electron chi connectivity index (χ1n) is 8.49. The lowest BCUT2D eigenvalue weighted by molar-refractivity contribution is -0.384. The summed E-state index contributed by atoms with van der Waals surface area (Å²) in [4.78, 5) is 34.1. The molecular formula is C20H15N3O7. The molecular weight excluding hydrogens is 394 g/mol.